The van der Waals surface area contributed by atoms with Crippen LogP contribution >= 0.6 is 0 Å². The number of ether oxygens (including phenoxy) is 1. The summed E-state index contributed by atoms with van der Waals surface area (Å²) in [5.74, 6) is 0.246. The van der Waals surface area contributed by atoms with E-state index in [2.05, 4.69) is 11.4 Å². The van der Waals surface area contributed by atoms with Crippen LogP contribution in [0.15, 0.2) is 60.7 Å². The molecule has 0 saturated carbocycles. The first kappa shape index (κ1) is 19.7. The number of rotatable bonds is 4. The lowest BCUT2D eigenvalue weighted by molar-refractivity contribution is -0.121. The van der Waals surface area contributed by atoms with E-state index >= 15 is 0 Å². The second kappa shape index (κ2) is 8.03. The van der Waals surface area contributed by atoms with Crippen molar-refractivity contribution in [3.8, 4) is 5.75 Å². The van der Waals surface area contributed by atoms with E-state index < -0.39 is 0 Å². The van der Waals surface area contributed by atoms with Crippen molar-refractivity contribution in [2.24, 2.45) is 0 Å². The zero-order valence-corrected chi connectivity index (χ0v) is 17.4. The minimum atomic E-state index is -0.226. The molecule has 5 nitrogen and oxygen atoms in total. The van der Waals surface area contributed by atoms with Crippen LogP contribution in [0.4, 0.5) is 11.4 Å². The molecule has 0 atom stereocenters. The molecule has 1 heterocycles. The Morgan fingerprint density at radius 2 is 1.63 bits per heavy atom. The molecule has 0 unspecified atom stereocenters. The monoisotopic (exact) mass is 400 g/mol. The van der Waals surface area contributed by atoms with Crippen molar-refractivity contribution in [3.05, 3.63) is 88.5 Å². The fourth-order valence-electron chi connectivity index (χ4n) is 3.64. The topological polar surface area (TPSA) is 58.6 Å². The lowest BCUT2D eigenvalue weighted by Crippen LogP contribution is -2.38. The molecule has 0 fully saturated rings. The molecule has 3 aromatic rings. The van der Waals surface area contributed by atoms with Gasteiger partial charge in [-0.25, -0.2) is 0 Å². The summed E-state index contributed by atoms with van der Waals surface area (Å²) in [6.07, 6.45) is 0. The van der Waals surface area contributed by atoms with Crippen molar-refractivity contribution in [1.82, 2.24) is 0 Å². The number of benzene rings is 3. The number of fused-ring (bicyclic) bond motifs is 1. The molecule has 30 heavy (non-hydrogen) atoms. The van der Waals surface area contributed by atoms with Crippen LogP contribution in [0.3, 0.4) is 0 Å². The second-order valence-electron chi connectivity index (χ2n) is 7.77. The van der Waals surface area contributed by atoms with Crippen molar-refractivity contribution >= 4 is 23.2 Å². The standard InChI is InChI=1S/C25H24N2O3/c1-16-4-6-19(7-5-16)14-27-22-13-20(8-9-23(22)30-15-24(27)28)25(29)26-21-11-17(2)10-18(3)12-21/h4-13H,14-15H2,1-3H3,(H,26,29). The molecule has 2 amide bonds. The summed E-state index contributed by atoms with van der Waals surface area (Å²) < 4.78 is 5.58. The van der Waals surface area contributed by atoms with E-state index in [0.29, 0.717) is 23.5 Å². The molecule has 0 radical (unpaired) electrons. The molecule has 0 spiro atoms. The highest BCUT2D eigenvalue weighted by molar-refractivity contribution is 6.06. The van der Waals surface area contributed by atoms with Gasteiger partial charge in [-0.05, 0) is 67.8 Å². The SMILES string of the molecule is Cc1ccc(CN2C(=O)COc3ccc(C(=O)Nc4cc(C)cc(C)c4)cc32)cc1. The van der Waals surface area contributed by atoms with E-state index in [1.54, 1.807) is 23.1 Å². The average Bonchev–Trinajstić information content (AvgIpc) is 2.70. The molecule has 0 bridgehead atoms. The van der Waals surface area contributed by atoms with Crippen LogP contribution in [-0.4, -0.2) is 18.4 Å². The van der Waals surface area contributed by atoms with E-state index in [-0.39, 0.29) is 18.4 Å². The summed E-state index contributed by atoms with van der Waals surface area (Å²) in [4.78, 5) is 27.1. The Labute approximate surface area is 176 Å². The summed E-state index contributed by atoms with van der Waals surface area (Å²) in [6.45, 7) is 6.44. The minimum Gasteiger partial charge on any atom is -0.482 e. The van der Waals surface area contributed by atoms with Crippen LogP contribution in [0.1, 0.15) is 32.6 Å². The average molecular weight is 400 g/mol. The first-order valence-corrected chi connectivity index (χ1v) is 9.91. The van der Waals surface area contributed by atoms with Gasteiger partial charge in [0.15, 0.2) is 6.61 Å². The summed E-state index contributed by atoms with van der Waals surface area (Å²) in [5, 5.41) is 2.95. The maximum atomic E-state index is 12.9. The number of anilines is 2. The summed E-state index contributed by atoms with van der Waals surface area (Å²) >= 11 is 0. The van der Waals surface area contributed by atoms with Gasteiger partial charge < -0.3 is 15.0 Å². The third-order valence-corrected chi connectivity index (χ3v) is 5.10. The highest BCUT2D eigenvalue weighted by atomic mass is 16.5. The third-order valence-electron chi connectivity index (χ3n) is 5.10. The number of nitrogens with one attached hydrogen (secondary N) is 1. The third kappa shape index (κ3) is 4.20. The Kier molecular flexibility index (Phi) is 5.27. The Hall–Kier alpha value is -3.60. The molecule has 1 aliphatic rings. The van der Waals surface area contributed by atoms with Crippen molar-refractivity contribution in [1.29, 1.82) is 0 Å². The molecule has 1 N–H and O–H groups in total. The predicted octanol–water partition coefficient (Wildman–Crippen LogP) is 4.79. The van der Waals surface area contributed by atoms with Crippen LogP contribution in [0, 0.1) is 20.8 Å². The van der Waals surface area contributed by atoms with Crippen LogP contribution in [0.2, 0.25) is 0 Å². The Morgan fingerprint density at radius 1 is 0.933 bits per heavy atom. The van der Waals surface area contributed by atoms with Gasteiger partial charge in [0.1, 0.15) is 5.75 Å². The summed E-state index contributed by atoms with van der Waals surface area (Å²) in [5.41, 5.74) is 6.18. The van der Waals surface area contributed by atoms with Crippen LogP contribution in [0.25, 0.3) is 0 Å². The molecular formula is C25H24N2O3. The Balaban J connectivity index is 1.61. The molecule has 4 rings (SSSR count). The number of amides is 2. The number of hydrogen-bond donors (Lipinski definition) is 1. The van der Waals surface area contributed by atoms with Crippen molar-refractivity contribution in [3.63, 3.8) is 0 Å². The molecule has 3 aromatic carbocycles. The number of aryl methyl sites for hydroxylation is 3. The van der Waals surface area contributed by atoms with Crippen molar-refractivity contribution in [2.45, 2.75) is 27.3 Å². The van der Waals surface area contributed by atoms with Crippen LogP contribution in [-0.2, 0) is 11.3 Å². The lowest BCUT2D eigenvalue weighted by atomic mass is 10.1. The van der Waals surface area contributed by atoms with E-state index in [9.17, 15) is 9.59 Å². The molecule has 5 heteroatoms. The van der Waals surface area contributed by atoms with Crippen molar-refractivity contribution < 1.29 is 14.3 Å². The molecule has 0 aliphatic carbocycles. The van der Waals surface area contributed by atoms with Gasteiger partial charge in [0.05, 0.1) is 12.2 Å². The number of carbonyl (C=O) groups is 2. The maximum absolute atomic E-state index is 12.9. The molecule has 152 valence electrons. The highest BCUT2D eigenvalue weighted by Gasteiger charge is 2.26. The summed E-state index contributed by atoms with van der Waals surface area (Å²) in [6, 6.07) is 19.2. The van der Waals surface area contributed by atoms with E-state index in [1.165, 1.54) is 0 Å². The first-order chi connectivity index (χ1) is 14.4. The fraction of sp³-hybridized carbons (Fsp3) is 0.200. The number of carbonyl (C=O) groups excluding carboxylic acids is 2. The van der Waals surface area contributed by atoms with Gasteiger partial charge in [-0.3, -0.25) is 9.59 Å². The van der Waals surface area contributed by atoms with Gasteiger partial charge in [0.2, 0.25) is 0 Å². The maximum Gasteiger partial charge on any atom is 0.265 e. The Bertz CT molecular complexity index is 1100. The zero-order valence-electron chi connectivity index (χ0n) is 17.4. The van der Waals surface area contributed by atoms with Gasteiger partial charge in [0, 0.05) is 11.3 Å². The molecule has 1 aliphatic heterocycles. The normalized spacial score (nSPS) is 12.9. The van der Waals surface area contributed by atoms with Gasteiger partial charge in [-0.15, -0.1) is 0 Å². The van der Waals surface area contributed by atoms with Crippen LogP contribution in [0.5, 0.6) is 5.75 Å². The smallest absolute Gasteiger partial charge is 0.265 e. The minimum absolute atomic E-state index is 0.00697. The number of hydrogen-bond acceptors (Lipinski definition) is 3. The van der Waals surface area contributed by atoms with Gasteiger partial charge in [-0.1, -0.05) is 35.9 Å². The molecular weight excluding hydrogens is 376 g/mol. The van der Waals surface area contributed by atoms with Gasteiger partial charge in [0.25, 0.3) is 11.8 Å². The van der Waals surface area contributed by atoms with Crippen LogP contribution < -0.4 is 15.0 Å². The zero-order chi connectivity index (χ0) is 21.3. The van der Waals surface area contributed by atoms with Gasteiger partial charge in [-0.2, -0.15) is 0 Å². The molecule has 0 saturated heterocycles. The quantitative estimate of drug-likeness (QED) is 0.685. The van der Waals surface area contributed by atoms with E-state index in [0.717, 1.165) is 27.9 Å². The highest BCUT2D eigenvalue weighted by Crippen LogP contribution is 2.34. The largest absolute Gasteiger partial charge is 0.482 e. The predicted molar refractivity (Wildman–Crippen MR) is 118 cm³/mol. The molecule has 0 aromatic heterocycles. The first-order valence-electron chi connectivity index (χ1n) is 9.91. The van der Waals surface area contributed by atoms with Crippen molar-refractivity contribution in [2.75, 3.05) is 16.8 Å². The second-order valence-corrected chi connectivity index (χ2v) is 7.77. The summed E-state index contributed by atoms with van der Waals surface area (Å²) in [7, 11) is 0. The Morgan fingerprint density at radius 3 is 2.33 bits per heavy atom. The lowest BCUT2D eigenvalue weighted by Gasteiger charge is -2.30. The fourth-order valence-corrected chi connectivity index (χ4v) is 3.64. The van der Waals surface area contributed by atoms with E-state index in [1.807, 2.05) is 57.2 Å². The van der Waals surface area contributed by atoms with E-state index in [4.69, 9.17) is 4.74 Å². The number of nitrogens with zero attached hydrogens (tertiary/aromatic N) is 1. The van der Waals surface area contributed by atoms with Gasteiger partial charge >= 0.3 is 0 Å².